The Morgan fingerprint density at radius 2 is 1.95 bits per heavy atom. The number of para-hydroxylation sites is 1. The second-order valence-electron chi connectivity index (χ2n) is 4.40. The number of benzene rings is 2. The summed E-state index contributed by atoms with van der Waals surface area (Å²) in [6.07, 6.45) is 0. The van der Waals surface area contributed by atoms with E-state index in [9.17, 15) is 0 Å². The van der Waals surface area contributed by atoms with E-state index in [1.165, 1.54) is 10.5 Å². The Labute approximate surface area is 119 Å². The number of hydrogen-bond donors (Lipinski definition) is 1. The first-order valence-electron chi connectivity index (χ1n) is 6.31. The molecule has 1 atom stereocenters. The van der Waals surface area contributed by atoms with Crippen LogP contribution in [0.15, 0.2) is 53.4 Å². The quantitative estimate of drug-likeness (QED) is 0.842. The Bertz CT molecular complexity index is 542. The largest absolute Gasteiger partial charge is 0.496 e. The first kappa shape index (κ1) is 14.0. The van der Waals surface area contributed by atoms with Gasteiger partial charge in [0.05, 0.1) is 12.4 Å². The minimum Gasteiger partial charge on any atom is -0.496 e. The minimum absolute atomic E-state index is 0.206. The summed E-state index contributed by atoms with van der Waals surface area (Å²) >= 11 is 1.78. The molecule has 0 radical (unpaired) electrons. The third kappa shape index (κ3) is 3.52. The molecule has 1 unspecified atom stereocenters. The highest BCUT2D eigenvalue weighted by atomic mass is 32.2. The highest BCUT2D eigenvalue weighted by molar-refractivity contribution is 7.99. The van der Waals surface area contributed by atoms with Crippen LogP contribution < -0.4 is 10.5 Å². The van der Waals surface area contributed by atoms with Crippen molar-refractivity contribution in [1.29, 1.82) is 0 Å². The van der Waals surface area contributed by atoms with E-state index in [0.717, 1.165) is 11.3 Å². The molecule has 0 spiro atoms. The zero-order valence-electron chi connectivity index (χ0n) is 11.3. The topological polar surface area (TPSA) is 35.2 Å². The zero-order chi connectivity index (χ0) is 13.7. The molecule has 0 aliphatic carbocycles. The molecule has 0 aliphatic rings. The van der Waals surface area contributed by atoms with Crippen molar-refractivity contribution in [1.82, 2.24) is 0 Å². The molecule has 2 rings (SSSR count). The first-order chi connectivity index (χ1) is 9.24. The highest BCUT2D eigenvalue weighted by Crippen LogP contribution is 2.38. The van der Waals surface area contributed by atoms with Gasteiger partial charge in [0.15, 0.2) is 0 Å². The average Bonchev–Trinajstić information content (AvgIpc) is 2.45. The summed E-state index contributed by atoms with van der Waals surface area (Å²) in [7, 11) is 1.70. The van der Waals surface area contributed by atoms with Gasteiger partial charge in [0.25, 0.3) is 0 Å². The number of aryl methyl sites for hydroxylation is 1. The lowest BCUT2D eigenvalue weighted by atomic mass is 10.1. The molecule has 0 fully saturated rings. The Morgan fingerprint density at radius 1 is 1.16 bits per heavy atom. The van der Waals surface area contributed by atoms with Gasteiger partial charge in [0.1, 0.15) is 5.75 Å². The Hall–Kier alpha value is -1.45. The van der Waals surface area contributed by atoms with Gasteiger partial charge < -0.3 is 10.5 Å². The van der Waals surface area contributed by atoms with Crippen LogP contribution >= 0.6 is 11.8 Å². The van der Waals surface area contributed by atoms with Gasteiger partial charge in [-0.1, -0.05) is 35.9 Å². The molecule has 0 heterocycles. The second kappa shape index (κ2) is 6.64. The molecule has 0 bridgehead atoms. The second-order valence-corrected chi connectivity index (χ2v) is 5.68. The van der Waals surface area contributed by atoms with Crippen molar-refractivity contribution >= 4 is 11.8 Å². The van der Waals surface area contributed by atoms with Crippen molar-refractivity contribution < 1.29 is 4.74 Å². The van der Waals surface area contributed by atoms with Crippen molar-refractivity contribution in [2.45, 2.75) is 17.1 Å². The Balaban J connectivity index is 2.25. The predicted molar refractivity (Wildman–Crippen MR) is 81.8 cm³/mol. The SMILES string of the molecule is COc1ccccc1C(CN)Sc1cccc(C)c1. The van der Waals surface area contributed by atoms with Crippen LogP contribution in [0, 0.1) is 6.92 Å². The molecule has 0 aromatic heterocycles. The lowest BCUT2D eigenvalue weighted by Gasteiger charge is -2.18. The van der Waals surface area contributed by atoms with E-state index in [2.05, 4.69) is 37.3 Å². The van der Waals surface area contributed by atoms with Gasteiger partial charge in [-0.15, -0.1) is 11.8 Å². The van der Waals surface area contributed by atoms with Gasteiger partial charge in [-0.3, -0.25) is 0 Å². The molecule has 0 saturated heterocycles. The Kier molecular flexibility index (Phi) is 4.88. The molecule has 2 aromatic carbocycles. The maximum Gasteiger partial charge on any atom is 0.123 e. The van der Waals surface area contributed by atoms with Crippen LogP contribution in [-0.2, 0) is 0 Å². The molecule has 2 N–H and O–H groups in total. The average molecular weight is 273 g/mol. The van der Waals surface area contributed by atoms with Crippen molar-refractivity contribution in [2.75, 3.05) is 13.7 Å². The summed E-state index contributed by atoms with van der Waals surface area (Å²) in [5, 5.41) is 0.206. The highest BCUT2D eigenvalue weighted by Gasteiger charge is 2.15. The van der Waals surface area contributed by atoms with Crippen LogP contribution in [0.3, 0.4) is 0 Å². The number of thioether (sulfide) groups is 1. The Morgan fingerprint density at radius 3 is 2.63 bits per heavy atom. The summed E-state index contributed by atoms with van der Waals surface area (Å²) in [5.41, 5.74) is 8.35. The zero-order valence-corrected chi connectivity index (χ0v) is 12.1. The summed E-state index contributed by atoms with van der Waals surface area (Å²) in [6.45, 7) is 2.68. The van der Waals surface area contributed by atoms with Crippen molar-refractivity contribution in [3.63, 3.8) is 0 Å². The lowest BCUT2D eigenvalue weighted by Crippen LogP contribution is -2.10. The number of hydrogen-bond acceptors (Lipinski definition) is 3. The van der Waals surface area contributed by atoms with E-state index in [1.54, 1.807) is 18.9 Å². The molecule has 0 aliphatic heterocycles. The lowest BCUT2D eigenvalue weighted by molar-refractivity contribution is 0.409. The number of nitrogens with two attached hydrogens (primary N) is 1. The van der Waals surface area contributed by atoms with E-state index in [-0.39, 0.29) is 5.25 Å². The standard InChI is InChI=1S/C16H19NOS/c1-12-6-5-7-13(10-12)19-16(11-17)14-8-3-4-9-15(14)18-2/h3-10,16H,11,17H2,1-2H3. The fourth-order valence-electron chi connectivity index (χ4n) is 2.02. The van der Waals surface area contributed by atoms with Gasteiger partial charge in [-0.2, -0.15) is 0 Å². The number of rotatable bonds is 5. The van der Waals surface area contributed by atoms with Gasteiger partial charge >= 0.3 is 0 Å². The van der Waals surface area contributed by atoms with Crippen LogP contribution in [0.4, 0.5) is 0 Å². The van der Waals surface area contributed by atoms with E-state index in [1.807, 2.05) is 18.2 Å². The molecule has 0 amide bonds. The van der Waals surface area contributed by atoms with E-state index in [0.29, 0.717) is 6.54 Å². The van der Waals surface area contributed by atoms with Crippen molar-refractivity contribution in [2.24, 2.45) is 5.73 Å². The molecule has 0 saturated carbocycles. The molecular formula is C16H19NOS. The summed E-state index contributed by atoms with van der Waals surface area (Å²) < 4.78 is 5.42. The first-order valence-corrected chi connectivity index (χ1v) is 7.19. The minimum atomic E-state index is 0.206. The molecule has 2 nitrogen and oxygen atoms in total. The van der Waals surface area contributed by atoms with Gasteiger partial charge in [0.2, 0.25) is 0 Å². The maximum atomic E-state index is 5.94. The van der Waals surface area contributed by atoms with E-state index >= 15 is 0 Å². The van der Waals surface area contributed by atoms with Crippen LogP contribution in [0.5, 0.6) is 5.75 Å². The summed E-state index contributed by atoms with van der Waals surface area (Å²) in [6, 6.07) is 16.6. The molecule has 100 valence electrons. The third-order valence-electron chi connectivity index (χ3n) is 2.97. The van der Waals surface area contributed by atoms with E-state index < -0.39 is 0 Å². The molecular weight excluding hydrogens is 254 g/mol. The molecule has 3 heteroatoms. The van der Waals surface area contributed by atoms with Gasteiger partial charge in [-0.25, -0.2) is 0 Å². The summed E-state index contributed by atoms with van der Waals surface area (Å²) in [5.74, 6) is 0.901. The van der Waals surface area contributed by atoms with Gasteiger partial charge in [0, 0.05) is 17.0 Å². The normalized spacial score (nSPS) is 12.2. The number of ether oxygens (including phenoxy) is 1. The molecule has 19 heavy (non-hydrogen) atoms. The summed E-state index contributed by atoms with van der Waals surface area (Å²) in [4.78, 5) is 1.24. The predicted octanol–water partition coefficient (Wildman–Crippen LogP) is 3.80. The fourth-order valence-corrected chi connectivity index (χ4v) is 3.18. The van der Waals surface area contributed by atoms with Crippen LogP contribution in [0.1, 0.15) is 16.4 Å². The van der Waals surface area contributed by atoms with Crippen molar-refractivity contribution in [3.8, 4) is 5.75 Å². The van der Waals surface area contributed by atoms with Crippen LogP contribution in [0.25, 0.3) is 0 Å². The monoisotopic (exact) mass is 273 g/mol. The maximum absolute atomic E-state index is 5.94. The fraction of sp³-hybridized carbons (Fsp3) is 0.250. The van der Waals surface area contributed by atoms with Gasteiger partial charge in [-0.05, 0) is 25.1 Å². The molecule has 2 aromatic rings. The van der Waals surface area contributed by atoms with E-state index in [4.69, 9.17) is 10.5 Å². The number of methoxy groups -OCH3 is 1. The van der Waals surface area contributed by atoms with Crippen LogP contribution in [0.2, 0.25) is 0 Å². The van der Waals surface area contributed by atoms with Crippen LogP contribution in [-0.4, -0.2) is 13.7 Å². The third-order valence-corrected chi connectivity index (χ3v) is 4.22. The smallest absolute Gasteiger partial charge is 0.123 e. The van der Waals surface area contributed by atoms with Crippen molar-refractivity contribution in [3.05, 3.63) is 59.7 Å².